The van der Waals surface area contributed by atoms with Crippen LogP contribution in [0.4, 0.5) is 4.39 Å². The molecule has 5 nitrogen and oxygen atoms in total. The van der Waals surface area contributed by atoms with Crippen LogP contribution in [-0.2, 0) is 10.0 Å². The summed E-state index contributed by atoms with van der Waals surface area (Å²) < 4.78 is 47.7. The summed E-state index contributed by atoms with van der Waals surface area (Å²) in [5.41, 5.74) is 0.979. The van der Waals surface area contributed by atoms with Crippen molar-refractivity contribution in [3.05, 3.63) is 48.3 Å². The van der Waals surface area contributed by atoms with Gasteiger partial charge in [-0.05, 0) is 62.4 Å². The van der Waals surface area contributed by atoms with Crippen molar-refractivity contribution in [2.24, 2.45) is 0 Å². The van der Waals surface area contributed by atoms with Crippen molar-refractivity contribution in [2.45, 2.75) is 49.6 Å². The van der Waals surface area contributed by atoms with Crippen molar-refractivity contribution in [3.63, 3.8) is 0 Å². The van der Waals surface area contributed by atoms with E-state index in [0.717, 1.165) is 6.07 Å². The van der Waals surface area contributed by atoms with Crippen molar-refractivity contribution in [2.75, 3.05) is 6.61 Å². The Labute approximate surface area is 159 Å². The highest BCUT2D eigenvalue weighted by Crippen LogP contribution is 2.27. The van der Waals surface area contributed by atoms with Gasteiger partial charge in [-0.2, -0.15) is 0 Å². The number of halogens is 1. The summed E-state index contributed by atoms with van der Waals surface area (Å²) in [5.74, 6) is 0.101. The number of aliphatic hydroxyl groups excluding tert-OH is 1. The van der Waals surface area contributed by atoms with Crippen LogP contribution in [0.5, 0.6) is 5.75 Å². The lowest BCUT2D eigenvalue weighted by molar-refractivity contribution is 0.120. The van der Waals surface area contributed by atoms with Crippen molar-refractivity contribution < 1.29 is 22.7 Å². The summed E-state index contributed by atoms with van der Waals surface area (Å²) in [7, 11) is -3.80. The lowest BCUT2D eigenvalue weighted by Gasteiger charge is -2.26. The molecule has 2 aromatic carbocycles. The molecule has 0 aromatic heterocycles. The number of rotatable bonds is 6. The molecule has 1 aliphatic rings. The van der Waals surface area contributed by atoms with E-state index in [2.05, 4.69) is 4.72 Å². The summed E-state index contributed by atoms with van der Waals surface area (Å²) in [5, 5.41) is 9.53. The molecule has 0 atom stereocenters. The maximum Gasteiger partial charge on any atom is 0.240 e. The number of benzene rings is 2. The van der Waals surface area contributed by atoms with Crippen LogP contribution in [0, 0.1) is 5.82 Å². The number of aliphatic hydroxyl groups is 1. The Morgan fingerprint density at radius 3 is 2.37 bits per heavy atom. The summed E-state index contributed by atoms with van der Waals surface area (Å²) in [6.07, 6.45) is 1.92. The molecule has 2 aromatic rings. The molecule has 0 unspecified atom stereocenters. The Morgan fingerprint density at radius 2 is 1.78 bits per heavy atom. The molecule has 1 aliphatic carbocycles. The molecule has 0 spiro atoms. The highest BCUT2D eigenvalue weighted by atomic mass is 32.2. The van der Waals surface area contributed by atoms with Gasteiger partial charge in [0.15, 0.2) is 0 Å². The highest BCUT2D eigenvalue weighted by Gasteiger charge is 2.25. The smallest absolute Gasteiger partial charge is 0.240 e. The van der Waals surface area contributed by atoms with E-state index in [0.29, 0.717) is 49.2 Å². The molecule has 0 bridgehead atoms. The molecular formula is C20H24FNO4S. The lowest BCUT2D eigenvalue weighted by atomic mass is 9.94. The number of hydrogen-bond donors (Lipinski definition) is 2. The molecule has 0 amide bonds. The second-order valence-corrected chi connectivity index (χ2v) is 8.44. The molecule has 7 heteroatoms. The first-order valence-electron chi connectivity index (χ1n) is 9.12. The zero-order valence-electron chi connectivity index (χ0n) is 15.2. The third kappa shape index (κ3) is 4.86. The quantitative estimate of drug-likeness (QED) is 0.788. The Morgan fingerprint density at radius 1 is 1.11 bits per heavy atom. The largest absolute Gasteiger partial charge is 0.494 e. The van der Waals surface area contributed by atoms with E-state index in [-0.39, 0.29) is 17.0 Å². The number of sulfonamides is 1. The Balaban J connectivity index is 1.77. The fraction of sp³-hybridized carbons (Fsp3) is 0.400. The van der Waals surface area contributed by atoms with Crippen LogP contribution in [0.1, 0.15) is 32.6 Å². The molecule has 1 fully saturated rings. The van der Waals surface area contributed by atoms with Crippen LogP contribution in [0.3, 0.4) is 0 Å². The highest BCUT2D eigenvalue weighted by molar-refractivity contribution is 7.89. The Hall–Kier alpha value is -1.96. The van der Waals surface area contributed by atoms with Gasteiger partial charge in [0, 0.05) is 11.6 Å². The number of ether oxygens (including phenoxy) is 1. The minimum absolute atomic E-state index is 0.0965. The molecule has 146 valence electrons. The molecular weight excluding hydrogens is 369 g/mol. The van der Waals surface area contributed by atoms with Crippen LogP contribution in [0.2, 0.25) is 0 Å². The van der Waals surface area contributed by atoms with Gasteiger partial charge in [-0.25, -0.2) is 17.5 Å². The van der Waals surface area contributed by atoms with Crippen LogP contribution < -0.4 is 9.46 Å². The molecule has 0 heterocycles. The fourth-order valence-electron chi connectivity index (χ4n) is 3.28. The van der Waals surface area contributed by atoms with Gasteiger partial charge < -0.3 is 9.84 Å². The van der Waals surface area contributed by atoms with E-state index < -0.39 is 15.8 Å². The van der Waals surface area contributed by atoms with E-state index in [4.69, 9.17) is 4.74 Å². The minimum Gasteiger partial charge on any atom is -0.494 e. The Kier molecular flexibility index (Phi) is 6.14. The molecule has 1 saturated carbocycles. The average molecular weight is 393 g/mol. The van der Waals surface area contributed by atoms with E-state index in [1.807, 2.05) is 6.92 Å². The van der Waals surface area contributed by atoms with Crippen molar-refractivity contribution in [1.82, 2.24) is 4.72 Å². The average Bonchev–Trinajstić information content (AvgIpc) is 2.64. The standard InChI is InChI=1S/C20H24FNO4S/c1-2-26-17-9-3-14(4-10-17)19-12-11-18(13-20(19)21)27(24,25)22-15-5-7-16(23)8-6-15/h3-4,9-13,15-16,22-23H,2,5-8H2,1H3. The van der Waals surface area contributed by atoms with E-state index in [1.165, 1.54) is 12.1 Å². The summed E-state index contributed by atoms with van der Waals surface area (Å²) in [6.45, 7) is 2.43. The van der Waals surface area contributed by atoms with E-state index in [1.54, 1.807) is 24.3 Å². The van der Waals surface area contributed by atoms with Crippen molar-refractivity contribution in [1.29, 1.82) is 0 Å². The number of nitrogens with one attached hydrogen (secondary N) is 1. The number of hydrogen-bond acceptors (Lipinski definition) is 4. The second kappa shape index (κ2) is 8.37. The monoisotopic (exact) mass is 393 g/mol. The topological polar surface area (TPSA) is 75.6 Å². The summed E-state index contributed by atoms with van der Waals surface area (Å²) in [6, 6.07) is 10.7. The molecule has 27 heavy (non-hydrogen) atoms. The van der Waals surface area contributed by atoms with Crippen LogP contribution in [0.15, 0.2) is 47.4 Å². The van der Waals surface area contributed by atoms with Gasteiger partial charge in [0.2, 0.25) is 10.0 Å². The van der Waals surface area contributed by atoms with Gasteiger partial charge in [0.1, 0.15) is 11.6 Å². The first-order chi connectivity index (χ1) is 12.9. The van der Waals surface area contributed by atoms with Gasteiger partial charge in [0.25, 0.3) is 0 Å². The van der Waals surface area contributed by atoms with Crippen LogP contribution in [0.25, 0.3) is 11.1 Å². The maximum atomic E-state index is 14.6. The molecule has 2 N–H and O–H groups in total. The van der Waals surface area contributed by atoms with Crippen molar-refractivity contribution >= 4 is 10.0 Å². The predicted octanol–water partition coefficient (Wildman–Crippen LogP) is 3.47. The van der Waals surface area contributed by atoms with E-state index in [9.17, 15) is 17.9 Å². The van der Waals surface area contributed by atoms with Crippen LogP contribution >= 0.6 is 0 Å². The predicted molar refractivity (Wildman–Crippen MR) is 102 cm³/mol. The fourth-order valence-corrected chi connectivity index (χ4v) is 4.59. The summed E-state index contributed by atoms with van der Waals surface area (Å²) in [4.78, 5) is -0.0965. The molecule has 0 saturated heterocycles. The third-order valence-corrected chi connectivity index (χ3v) is 6.26. The van der Waals surface area contributed by atoms with Gasteiger partial charge in [-0.15, -0.1) is 0 Å². The SMILES string of the molecule is CCOc1ccc(-c2ccc(S(=O)(=O)NC3CCC(O)CC3)cc2F)cc1. The van der Waals surface area contributed by atoms with E-state index >= 15 is 0 Å². The lowest BCUT2D eigenvalue weighted by Crippen LogP contribution is -2.38. The van der Waals surface area contributed by atoms with Gasteiger partial charge in [-0.1, -0.05) is 18.2 Å². The Bertz CT molecular complexity index is 875. The van der Waals surface area contributed by atoms with Crippen molar-refractivity contribution in [3.8, 4) is 16.9 Å². The summed E-state index contributed by atoms with van der Waals surface area (Å²) >= 11 is 0. The first kappa shape index (κ1) is 19.8. The van der Waals surface area contributed by atoms with Crippen LogP contribution in [-0.4, -0.2) is 32.3 Å². The van der Waals surface area contributed by atoms with Gasteiger partial charge >= 0.3 is 0 Å². The zero-order chi connectivity index (χ0) is 19.4. The van der Waals surface area contributed by atoms with Gasteiger partial charge in [0.05, 0.1) is 17.6 Å². The third-order valence-electron chi connectivity index (χ3n) is 4.75. The maximum absolute atomic E-state index is 14.6. The second-order valence-electron chi connectivity index (χ2n) is 6.73. The minimum atomic E-state index is -3.80. The molecule has 3 rings (SSSR count). The molecule has 0 aliphatic heterocycles. The molecule has 0 radical (unpaired) electrons. The first-order valence-corrected chi connectivity index (χ1v) is 10.6. The normalized spacial score (nSPS) is 20.4. The van der Waals surface area contributed by atoms with Gasteiger partial charge in [-0.3, -0.25) is 0 Å². The zero-order valence-corrected chi connectivity index (χ0v) is 16.0.